The van der Waals surface area contributed by atoms with Crippen LogP contribution < -0.4 is 15.2 Å². The van der Waals surface area contributed by atoms with Gasteiger partial charge in [-0.25, -0.2) is 0 Å². The highest BCUT2D eigenvalue weighted by Gasteiger charge is 2.28. The fourth-order valence-electron chi connectivity index (χ4n) is 1.78. The van der Waals surface area contributed by atoms with Crippen molar-refractivity contribution in [3.8, 4) is 11.5 Å². The standard InChI is InChI=1S/C11H12ClNO4/c12-7-1-2-8-10(17-4-3-16-8)9(7)6(5-13)11(14)15/h1-2,6H,3-5,13H2,(H,14,15). The van der Waals surface area contributed by atoms with E-state index in [9.17, 15) is 4.79 Å². The Kier molecular flexibility index (Phi) is 3.40. The zero-order chi connectivity index (χ0) is 12.4. The molecule has 0 radical (unpaired) electrons. The third-order valence-electron chi connectivity index (χ3n) is 2.58. The summed E-state index contributed by atoms with van der Waals surface area (Å²) in [5.41, 5.74) is 5.86. The lowest BCUT2D eigenvalue weighted by Gasteiger charge is -2.24. The average molecular weight is 258 g/mol. The third kappa shape index (κ3) is 2.16. The van der Waals surface area contributed by atoms with E-state index in [1.54, 1.807) is 12.1 Å². The Morgan fingerprint density at radius 2 is 2.18 bits per heavy atom. The number of benzene rings is 1. The van der Waals surface area contributed by atoms with Crippen LogP contribution in [0.1, 0.15) is 11.5 Å². The highest BCUT2D eigenvalue weighted by Crippen LogP contribution is 2.41. The van der Waals surface area contributed by atoms with E-state index in [2.05, 4.69) is 0 Å². The van der Waals surface area contributed by atoms with Crippen molar-refractivity contribution in [2.45, 2.75) is 5.92 Å². The molecule has 1 aromatic rings. The van der Waals surface area contributed by atoms with E-state index in [0.717, 1.165) is 0 Å². The SMILES string of the molecule is NCC(C(=O)O)c1c(Cl)ccc2c1OCCO2. The van der Waals surface area contributed by atoms with Crippen LogP contribution in [0.2, 0.25) is 5.02 Å². The van der Waals surface area contributed by atoms with Crippen LogP contribution in [-0.2, 0) is 4.79 Å². The summed E-state index contributed by atoms with van der Waals surface area (Å²) in [4.78, 5) is 11.1. The summed E-state index contributed by atoms with van der Waals surface area (Å²) in [5, 5.41) is 9.44. The third-order valence-corrected chi connectivity index (χ3v) is 2.91. The predicted molar refractivity (Wildman–Crippen MR) is 61.9 cm³/mol. The Bertz CT molecular complexity index is 449. The molecule has 5 nitrogen and oxygen atoms in total. The molecule has 0 saturated heterocycles. The van der Waals surface area contributed by atoms with Gasteiger partial charge in [0.05, 0.1) is 5.92 Å². The molecular weight excluding hydrogens is 246 g/mol. The van der Waals surface area contributed by atoms with Crippen LogP contribution in [0.4, 0.5) is 0 Å². The summed E-state index contributed by atoms with van der Waals surface area (Å²) in [5.74, 6) is -1.02. The van der Waals surface area contributed by atoms with Gasteiger partial charge >= 0.3 is 5.97 Å². The maximum absolute atomic E-state index is 11.1. The summed E-state index contributed by atoms with van der Waals surface area (Å²) in [6, 6.07) is 3.26. The Hall–Kier alpha value is -1.46. The molecular formula is C11H12ClNO4. The zero-order valence-corrected chi connectivity index (χ0v) is 9.74. The maximum atomic E-state index is 11.1. The Morgan fingerprint density at radius 1 is 1.47 bits per heavy atom. The number of nitrogens with two attached hydrogens (primary N) is 1. The number of fused-ring (bicyclic) bond motifs is 1. The lowest BCUT2D eigenvalue weighted by molar-refractivity contribution is -0.138. The quantitative estimate of drug-likeness (QED) is 0.851. The minimum atomic E-state index is -1.03. The van der Waals surface area contributed by atoms with E-state index in [1.165, 1.54) is 0 Å². The number of carboxylic acid groups (broad SMARTS) is 1. The van der Waals surface area contributed by atoms with Crippen molar-refractivity contribution in [2.75, 3.05) is 19.8 Å². The first-order valence-electron chi connectivity index (χ1n) is 5.16. The van der Waals surface area contributed by atoms with Gasteiger partial charge in [0.2, 0.25) is 0 Å². The molecule has 0 aliphatic carbocycles. The normalized spacial score (nSPS) is 15.4. The van der Waals surface area contributed by atoms with Crippen LogP contribution in [0.15, 0.2) is 12.1 Å². The molecule has 0 amide bonds. The summed E-state index contributed by atoms with van der Waals surface area (Å²) in [6.45, 7) is 0.764. The molecule has 0 aromatic heterocycles. The fourth-order valence-corrected chi connectivity index (χ4v) is 2.06. The second kappa shape index (κ2) is 4.81. The molecule has 0 fully saturated rings. The molecule has 17 heavy (non-hydrogen) atoms. The smallest absolute Gasteiger partial charge is 0.312 e. The van der Waals surface area contributed by atoms with Crippen molar-refractivity contribution in [2.24, 2.45) is 5.73 Å². The maximum Gasteiger partial charge on any atom is 0.312 e. The van der Waals surface area contributed by atoms with Gasteiger partial charge in [0, 0.05) is 17.1 Å². The van der Waals surface area contributed by atoms with Crippen molar-refractivity contribution >= 4 is 17.6 Å². The molecule has 1 aromatic carbocycles. The Balaban J connectivity index is 2.54. The number of hydrogen-bond donors (Lipinski definition) is 2. The van der Waals surface area contributed by atoms with Crippen molar-refractivity contribution in [3.05, 3.63) is 22.7 Å². The predicted octanol–water partition coefficient (Wildman–Crippen LogP) is 1.24. The lowest BCUT2D eigenvalue weighted by atomic mass is 9.97. The molecule has 1 aliphatic rings. The molecule has 1 atom stereocenters. The van der Waals surface area contributed by atoms with Gasteiger partial charge in [-0.3, -0.25) is 4.79 Å². The van der Waals surface area contributed by atoms with E-state index in [0.29, 0.717) is 35.3 Å². The molecule has 92 valence electrons. The number of carbonyl (C=O) groups is 1. The van der Waals surface area contributed by atoms with E-state index < -0.39 is 11.9 Å². The molecule has 3 N–H and O–H groups in total. The van der Waals surface area contributed by atoms with Crippen molar-refractivity contribution < 1.29 is 19.4 Å². The largest absolute Gasteiger partial charge is 0.486 e. The molecule has 1 heterocycles. The Labute approximate surface area is 103 Å². The topological polar surface area (TPSA) is 81.8 Å². The number of ether oxygens (including phenoxy) is 2. The molecule has 6 heteroatoms. The molecule has 0 spiro atoms. The molecule has 1 aliphatic heterocycles. The fraction of sp³-hybridized carbons (Fsp3) is 0.364. The van der Waals surface area contributed by atoms with E-state index in [-0.39, 0.29) is 6.54 Å². The van der Waals surface area contributed by atoms with Crippen LogP contribution in [0.5, 0.6) is 11.5 Å². The van der Waals surface area contributed by atoms with Crippen molar-refractivity contribution in [1.82, 2.24) is 0 Å². The van der Waals surface area contributed by atoms with E-state index in [4.69, 9.17) is 31.9 Å². The first kappa shape index (κ1) is 12.0. The highest BCUT2D eigenvalue weighted by atomic mass is 35.5. The second-order valence-corrected chi connectivity index (χ2v) is 4.02. The van der Waals surface area contributed by atoms with Crippen molar-refractivity contribution in [1.29, 1.82) is 0 Å². The minimum Gasteiger partial charge on any atom is -0.486 e. The minimum absolute atomic E-state index is 0.0468. The first-order chi connectivity index (χ1) is 8.15. The highest BCUT2D eigenvalue weighted by molar-refractivity contribution is 6.32. The molecule has 1 unspecified atom stereocenters. The van der Waals surface area contributed by atoms with Crippen LogP contribution in [0.25, 0.3) is 0 Å². The van der Waals surface area contributed by atoms with Crippen molar-refractivity contribution in [3.63, 3.8) is 0 Å². The van der Waals surface area contributed by atoms with Gasteiger partial charge in [-0.2, -0.15) is 0 Å². The van der Waals surface area contributed by atoms with Crippen LogP contribution in [0, 0.1) is 0 Å². The number of halogens is 1. The average Bonchev–Trinajstić information content (AvgIpc) is 2.32. The summed E-state index contributed by atoms with van der Waals surface area (Å²) >= 11 is 6.02. The number of rotatable bonds is 3. The van der Waals surface area contributed by atoms with E-state index in [1.807, 2.05) is 0 Å². The zero-order valence-electron chi connectivity index (χ0n) is 8.98. The van der Waals surface area contributed by atoms with Gasteiger partial charge in [0.15, 0.2) is 11.5 Å². The molecule has 2 rings (SSSR count). The van der Waals surface area contributed by atoms with Gasteiger partial charge < -0.3 is 20.3 Å². The number of aliphatic carboxylic acids is 1. The lowest BCUT2D eigenvalue weighted by Crippen LogP contribution is -2.24. The summed E-state index contributed by atoms with van der Waals surface area (Å²) in [6.07, 6.45) is 0. The van der Waals surface area contributed by atoms with Gasteiger partial charge in [-0.15, -0.1) is 0 Å². The summed E-state index contributed by atoms with van der Waals surface area (Å²) in [7, 11) is 0. The number of carboxylic acids is 1. The Morgan fingerprint density at radius 3 is 2.82 bits per heavy atom. The monoisotopic (exact) mass is 257 g/mol. The van der Waals surface area contributed by atoms with Gasteiger partial charge in [-0.1, -0.05) is 11.6 Å². The summed E-state index contributed by atoms with van der Waals surface area (Å²) < 4.78 is 10.8. The van der Waals surface area contributed by atoms with Crippen LogP contribution in [-0.4, -0.2) is 30.8 Å². The van der Waals surface area contributed by atoms with Crippen LogP contribution >= 0.6 is 11.6 Å². The van der Waals surface area contributed by atoms with E-state index >= 15 is 0 Å². The number of hydrogen-bond acceptors (Lipinski definition) is 4. The molecule has 0 bridgehead atoms. The molecule has 0 saturated carbocycles. The van der Waals surface area contributed by atoms with Gasteiger partial charge in [0.25, 0.3) is 0 Å². The second-order valence-electron chi connectivity index (χ2n) is 3.61. The first-order valence-corrected chi connectivity index (χ1v) is 5.53. The van der Waals surface area contributed by atoms with Gasteiger partial charge in [-0.05, 0) is 12.1 Å². The van der Waals surface area contributed by atoms with Gasteiger partial charge in [0.1, 0.15) is 13.2 Å². The van der Waals surface area contributed by atoms with Crippen LogP contribution in [0.3, 0.4) is 0 Å².